The van der Waals surface area contributed by atoms with E-state index in [4.69, 9.17) is 14.7 Å². The van der Waals surface area contributed by atoms with E-state index in [1.165, 1.54) is 0 Å². The molecule has 2 saturated heterocycles. The van der Waals surface area contributed by atoms with Gasteiger partial charge in [0.05, 0.1) is 17.5 Å². The Morgan fingerprint density at radius 2 is 1.59 bits per heavy atom. The maximum Gasteiger partial charge on any atom is 0.412 e. The molecule has 3 atom stereocenters. The average molecular weight is 540 g/mol. The minimum atomic E-state index is -0.655. The number of pyridine rings is 1. The van der Waals surface area contributed by atoms with Gasteiger partial charge in [0, 0.05) is 23.3 Å². The van der Waals surface area contributed by atoms with E-state index < -0.39 is 18.2 Å². The van der Waals surface area contributed by atoms with E-state index in [9.17, 15) is 9.59 Å². The molecule has 41 heavy (non-hydrogen) atoms. The molecule has 2 fully saturated rings. The third kappa shape index (κ3) is 4.39. The van der Waals surface area contributed by atoms with Gasteiger partial charge in [0.15, 0.2) is 5.82 Å². The van der Waals surface area contributed by atoms with Gasteiger partial charge >= 0.3 is 6.09 Å². The molecule has 2 aromatic heterocycles. The Morgan fingerprint density at radius 3 is 2.37 bits per heavy atom. The molecule has 0 N–H and O–H groups in total. The van der Waals surface area contributed by atoms with E-state index >= 15 is 0 Å². The Morgan fingerprint density at radius 1 is 0.829 bits per heavy atom. The number of hydrogen-bond donors (Lipinski definition) is 0. The predicted octanol–water partition coefficient (Wildman–Crippen LogP) is 5.89. The summed E-state index contributed by atoms with van der Waals surface area (Å²) in [4.78, 5) is 44.5. The molecule has 2 aliphatic rings. The normalized spacial score (nSPS) is 20.4. The third-order valence-electron chi connectivity index (χ3n) is 7.51. The highest BCUT2D eigenvalue weighted by atomic mass is 16.6. The van der Waals surface area contributed by atoms with E-state index in [2.05, 4.69) is 4.98 Å². The first-order valence-electron chi connectivity index (χ1n) is 13.4. The van der Waals surface area contributed by atoms with Crippen LogP contribution in [0.25, 0.3) is 28.4 Å². The minimum Gasteiger partial charge on any atom is -0.447 e. The number of β-lactam (4-membered cyclic amide) rings is 1. The van der Waals surface area contributed by atoms with Crippen molar-refractivity contribution >= 4 is 34.8 Å². The van der Waals surface area contributed by atoms with Crippen LogP contribution in [0.15, 0.2) is 116 Å². The lowest BCUT2D eigenvalue weighted by atomic mass is 9.89. The van der Waals surface area contributed by atoms with Crippen LogP contribution in [-0.2, 0) is 9.53 Å². The summed E-state index contributed by atoms with van der Waals surface area (Å²) in [5.41, 5.74) is 3.34. The van der Waals surface area contributed by atoms with Gasteiger partial charge in [0.1, 0.15) is 18.6 Å². The molecule has 0 saturated carbocycles. The number of rotatable bonds is 6. The summed E-state index contributed by atoms with van der Waals surface area (Å²) in [6.45, 7) is 0.195. The summed E-state index contributed by atoms with van der Waals surface area (Å²) >= 11 is 0. The standard InChI is InChI=1S/C33H25N5O3/c39-32-26(18-17-22-10-9-19-34-20-22)31(37-28(21-41-33(37)40)23-11-3-1-4-12-23)38(32)30-25-15-7-8-16-27(25)35-29(36-30)24-13-5-2-6-14-24/h1-20,26,28,31H,21H2/t26-,28-,31+/m1/s1. The van der Waals surface area contributed by atoms with Crippen molar-refractivity contribution in [1.29, 1.82) is 0 Å². The van der Waals surface area contributed by atoms with E-state index in [0.717, 1.165) is 22.1 Å². The van der Waals surface area contributed by atoms with Crippen LogP contribution in [0.1, 0.15) is 17.2 Å². The zero-order valence-corrected chi connectivity index (χ0v) is 21.9. The maximum atomic E-state index is 14.0. The summed E-state index contributed by atoms with van der Waals surface area (Å²) in [7, 11) is 0. The molecular formula is C33H25N5O3. The average Bonchev–Trinajstić information content (AvgIpc) is 3.41. The number of para-hydroxylation sites is 1. The number of cyclic esters (lactones) is 1. The van der Waals surface area contributed by atoms with E-state index in [1.54, 1.807) is 22.2 Å². The van der Waals surface area contributed by atoms with Gasteiger partial charge in [0.2, 0.25) is 5.91 Å². The molecule has 2 amide bonds. The quantitative estimate of drug-likeness (QED) is 0.250. The number of nitrogens with zero attached hydrogens (tertiary/aromatic N) is 5. The second kappa shape index (κ2) is 10.3. The summed E-state index contributed by atoms with van der Waals surface area (Å²) in [5.74, 6) is 0.191. The van der Waals surface area contributed by atoms with E-state index in [1.807, 2.05) is 109 Å². The van der Waals surface area contributed by atoms with Crippen LogP contribution >= 0.6 is 0 Å². The molecular weight excluding hydrogens is 514 g/mol. The van der Waals surface area contributed by atoms with Crippen molar-refractivity contribution in [3.63, 3.8) is 0 Å². The number of carbonyl (C=O) groups excluding carboxylic acids is 2. The minimum absolute atomic E-state index is 0.162. The summed E-state index contributed by atoms with van der Waals surface area (Å²) in [5, 5.41) is 0.726. The summed E-state index contributed by atoms with van der Waals surface area (Å²) in [6, 6.07) is 30.4. The lowest BCUT2D eigenvalue weighted by molar-refractivity contribution is -0.131. The van der Waals surface area contributed by atoms with Crippen LogP contribution in [0, 0.1) is 5.92 Å². The highest BCUT2D eigenvalue weighted by Crippen LogP contribution is 2.43. The van der Waals surface area contributed by atoms with Crippen molar-refractivity contribution < 1.29 is 14.3 Å². The van der Waals surface area contributed by atoms with Crippen molar-refractivity contribution in [1.82, 2.24) is 19.9 Å². The number of amides is 2. The number of anilines is 1. The number of hydrogen-bond acceptors (Lipinski definition) is 6. The number of aromatic nitrogens is 3. The second-order valence-corrected chi connectivity index (χ2v) is 9.96. The Balaban J connectivity index is 1.37. The highest BCUT2D eigenvalue weighted by molar-refractivity contribution is 6.09. The topological polar surface area (TPSA) is 88.5 Å². The fourth-order valence-corrected chi connectivity index (χ4v) is 5.51. The summed E-state index contributed by atoms with van der Waals surface area (Å²) in [6.07, 6.45) is 6.02. The SMILES string of the molecule is O=C1[C@H](C=Cc2cccnc2)[C@@H](N2C(=O)OC[C@@H]2c2ccccc2)N1c1nc(-c2ccccc2)nc2ccccc12. The molecule has 3 aromatic carbocycles. The van der Waals surface area contributed by atoms with Crippen molar-refractivity contribution in [2.75, 3.05) is 11.5 Å². The zero-order chi connectivity index (χ0) is 27.8. The lowest BCUT2D eigenvalue weighted by Gasteiger charge is -2.50. The van der Waals surface area contributed by atoms with Crippen LogP contribution in [-0.4, -0.2) is 44.6 Å². The van der Waals surface area contributed by atoms with Crippen LogP contribution in [0.4, 0.5) is 10.6 Å². The lowest BCUT2D eigenvalue weighted by Crippen LogP contribution is -2.68. The van der Waals surface area contributed by atoms with Gasteiger partial charge in [-0.3, -0.25) is 19.6 Å². The molecule has 7 rings (SSSR count). The molecule has 0 spiro atoms. The number of ether oxygens (including phenoxy) is 1. The van der Waals surface area contributed by atoms with Crippen molar-refractivity contribution in [3.05, 3.63) is 127 Å². The van der Waals surface area contributed by atoms with Gasteiger partial charge in [-0.05, 0) is 29.3 Å². The van der Waals surface area contributed by atoms with Crippen LogP contribution in [0.5, 0.6) is 0 Å². The zero-order valence-electron chi connectivity index (χ0n) is 21.9. The Kier molecular flexibility index (Phi) is 6.20. The first-order valence-corrected chi connectivity index (χ1v) is 13.4. The van der Waals surface area contributed by atoms with Gasteiger partial charge < -0.3 is 4.74 Å². The highest BCUT2D eigenvalue weighted by Gasteiger charge is 2.56. The third-order valence-corrected chi connectivity index (χ3v) is 7.51. The van der Waals surface area contributed by atoms with Gasteiger partial charge in [-0.1, -0.05) is 91.0 Å². The van der Waals surface area contributed by atoms with Gasteiger partial charge in [-0.2, -0.15) is 0 Å². The largest absolute Gasteiger partial charge is 0.447 e. The summed E-state index contributed by atoms with van der Waals surface area (Å²) < 4.78 is 5.58. The number of fused-ring (bicyclic) bond motifs is 1. The van der Waals surface area contributed by atoms with Gasteiger partial charge in [0.25, 0.3) is 0 Å². The van der Waals surface area contributed by atoms with Crippen LogP contribution in [0.2, 0.25) is 0 Å². The molecule has 0 bridgehead atoms. The fourth-order valence-electron chi connectivity index (χ4n) is 5.51. The predicted molar refractivity (Wildman–Crippen MR) is 155 cm³/mol. The van der Waals surface area contributed by atoms with E-state index in [0.29, 0.717) is 17.2 Å². The molecule has 0 unspecified atom stereocenters. The molecule has 8 nitrogen and oxygen atoms in total. The van der Waals surface area contributed by atoms with E-state index in [-0.39, 0.29) is 18.6 Å². The monoisotopic (exact) mass is 539 g/mol. The Labute approximate surface area is 236 Å². The second-order valence-electron chi connectivity index (χ2n) is 9.96. The van der Waals surface area contributed by atoms with Gasteiger partial charge in [-0.25, -0.2) is 14.8 Å². The molecule has 2 aliphatic heterocycles. The smallest absolute Gasteiger partial charge is 0.412 e. The van der Waals surface area contributed by atoms with Crippen molar-refractivity contribution in [2.24, 2.45) is 5.92 Å². The fraction of sp³-hybridized carbons (Fsp3) is 0.121. The first-order chi connectivity index (χ1) is 20.2. The first kappa shape index (κ1) is 24.7. The molecule has 5 aromatic rings. The van der Waals surface area contributed by atoms with Crippen LogP contribution in [0.3, 0.4) is 0 Å². The molecule has 200 valence electrons. The number of benzene rings is 3. The Hall–Kier alpha value is -5.37. The molecule has 8 heteroatoms. The van der Waals surface area contributed by atoms with Crippen molar-refractivity contribution in [2.45, 2.75) is 12.2 Å². The number of carbonyl (C=O) groups is 2. The molecule has 0 radical (unpaired) electrons. The molecule has 4 heterocycles. The van der Waals surface area contributed by atoms with Crippen LogP contribution < -0.4 is 4.90 Å². The maximum absolute atomic E-state index is 14.0. The van der Waals surface area contributed by atoms with Gasteiger partial charge in [-0.15, -0.1) is 0 Å². The Bertz CT molecular complexity index is 1760. The van der Waals surface area contributed by atoms with Crippen molar-refractivity contribution in [3.8, 4) is 11.4 Å². The molecule has 0 aliphatic carbocycles.